The molecule has 0 radical (unpaired) electrons. The first-order chi connectivity index (χ1) is 12.9. The molecule has 1 aliphatic rings. The van der Waals surface area contributed by atoms with Gasteiger partial charge in [-0.25, -0.2) is 0 Å². The highest BCUT2D eigenvalue weighted by Gasteiger charge is 2.48. The van der Waals surface area contributed by atoms with Gasteiger partial charge in [0.25, 0.3) is 0 Å². The number of halogens is 3. The third-order valence-electron chi connectivity index (χ3n) is 4.69. The zero-order valence-electron chi connectivity index (χ0n) is 14.2. The van der Waals surface area contributed by atoms with E-state index in [1.807, 2.05) is 12.1 Å². The molecular weight excluding hydrogens is 357 g/mol. The summed E-state index contributed by atoms with van der Waals surface area (Å²) in [6.45, 7) is -0.720. The SMILES string of the molecule is N#CCC1(n2ccc(-c3nccc4ncccc34)n2)CN(CC(F)(F)F)C1. The van der Waals surface area contributed by atoms with Gasteiger partial charge >= 0.3 is 6.18 Å². The summed E-state index contributed by atoms with van der Waals surface area (Å²) in [5, 5.41) is 14.5. The second-order valence-electron chi connectivity index (χ2n) is 6.69. The standard InChI is InChI=1S/C18H15F3N6/c19-18(20,21)12-26-10-17(11-26,5-6-22)27-9-4-15(25-27)16-13-2-1-7-23-14(13)3-8-24-16/h1-4,7-9H,5,10-12H2. The number of alkyl halides is 3. The maximum absolute atomic E-state index is 12.6. The monoisotopic (exact) mass is 372 g/mol. The van der Waals surface area contributed by atoms with E-state index in [1.165, 1.54) is 4.90 Å². The van der Waals surface area contributed by atoms with Gasteiger partial charge in [-0.05, 0) is 24.3 Å². The largest absolute Gasteiger partial charge is 0.401 e. The first kappa shape index (κ1) is 17.4. The zero-order chi connectivity index (χ0) is 19.1. The second kappa shape index (κ2) is 6.32. The van der Waals surface area contributed by atoms with Crippen LogP contribution in [0, 0.1) is 11.3 Å². The fourth-order valence-corrected chi connectivity index (χ4v) is 3.56. The first-order valence-electron chi connectivity index (χ1n) is 8.33. The Balaban J connectivity index is 1.64. The van der Waals surface area contributed by atoms with Crippen LogP contribution >= 0.6 is 0 Å². The van der Waals surface area contributed by atoms with Crippen LogP contribution in [0.1, 0.15) is 6.42 Å². The number of rotatable bonds is 4. The van der Waals surface area contributed by atoms with Crippen LogP contribution in [0.5, 0.6) is 0 Å². The molecule has 0 N–H and O–H groups in total. The molecule has 0 aromatic carbocycles. The Morgan fingerprint density at radius 2 is 1.96 bits per heavy atom. The number of likely N-dealkylation sites (tertiary alicyclic amines) is 1. The lowest BCUT2D eigenvalue weighted by atomic mass is 9.87. The summed E-state index contributed by atoms with van der Waals surface area (Å²) in [6, 6.07) is 9.34. The van der Waals surface area contributed by atoms with Gasteiger partial charge in [0.1, 0.15) is 11.2 Å². The maximum Gasteiger partial charge on any atom is 0.401 e. The molecular formula is C18H15F3N6. The molecule has 0 amide bonds. The third-order valence-corrected chi connectivity index (χ3v) is 4.69. The normalized spacial score (nSPS) is 16.8. The molecule has 1 saturated heterocycles. The van der Waals surface area contributed by atoms with Crippen molar-refractivity contribution in [2.45, 2.75) is 18.1 Å². The van der Waals surface area contributed by atoms with E-state index in [9.17, 15) is 13.2 Å². The first-order valence-corrected chi connectivity index (χ1v) is 8.33. The molecule has 138 valence electrons. The van der Waals surface area contributed by atoms with Crippen molar-refractivity contribution in [3.63, 3.8) is 0 Å². The molecule has 0 unspecified atom stereocenters. The highest BCUT2D eigenvalue weighted by atomic mass is 19.4. The molecule has 0 atom stereocenters. The zero-order valence-corrected chi connectivity index (χ0v) is 14.2. The highest BCUT2D eigenvalue weighted by molar-refractivity contribution is 5.90. The van der Waals surface area contributed by atoms with Crippen molar-refractivity contribution in [2.75, 3.05) is 19.6 Å². The minimum atomic E-state index is -4.26. The Kier molecular flexibility index (Phi) is 4.08. The molecule has 27 heavy (non-hydrogen) atoms. The quantitative estimate of drug-likeness (QED) is 0.704. The number of hydrogen-bond acceptors (Lipinski definition) is 5. The number of fused-ring (bicyclic) bond motifs is 1. The molecule has 4 heterocycles. The molecule has 0 saturated carbocycles. The number of aromatic nitrogens is 4. The van der Waals surface area contributed by atoms with E-state index in [0.717, 1.165) is 10.9 Å². The van der Waals surface area contributed by atoms with Crippen molar-refractivity contribution in [3.8, 4) is 17.5 Å². The lowest BCUT2D eigenvalue weighted by molar-refractivity contribution is -0.167. The summed E-state index contributed by atoms with van der Waals surface area (Å²) >= 11 is 0. The van der Waals surface area contributed by atoms with Crippen LogP contribution in [-0.2, 0) is 5.54 Å². The summed E-state index contributed by atoms with van der Waals surface area (Å²) in [6.07, 6.45) is 0.870. The lowest BCUT2D eigenvalue weighted by Gasteiger charge is -2.49. The van der Waals surface area contributed by atoms with Gasteiger partial charge in [0.05, 0.1) is 30.2 Å². The average molecular weight is 372 g/mol. The van der Waals surface area contributed by atoms with Gasteiger partial charge in [-0.15, -0.1) is 0 Å². The summed E-state index contributed by atoms with van der Waals surface area (Å²) in [4.78, 5) is 9.96. The maximum atomic E-state index is 12.6. The van der Waals surface area contributed by atoms with Crippen molar-refractivity contribution < 1.29 is 13.2 Å². The summed E-state index contributed by atoms with van der Waals surface area (Å²) in [7, 11) is 0. The summed E-state index contributed by atoms with van der Waals surface area (Å²) in [5.74, 6) is 0. The van der Waals surface area contributed by atoms with Gasteiger partial charge in [0.2, 0.25) is 0 Å². The van der Waals surface area contributed by atoms with Crippen LogP contribution in [0.25, 0.3) is 22.3 Å². The van der Waals surface area contributed by atoms with Crippen molar-refractivity contribution in [1.29, 1.82) is 5.26 Å². The average Bonchev–Trinajstić information content (AvgIpc) is 3.08. The molecule has 9 heteroatoms. The fourth-order valence-electron chi connectivity index (χ4n) is 3.56. The molecule has 1 fully saturated rings. The number of pyridine rings is 2. The Bertz CT molecular complexity index is 1010. The predicted molar refractivity (Wildman–Crippen MR) is 91.5 cm³/mol. The molecule has 4 rings (SSSR count). The molecule has 0 bridgehead atoms. The molecule has 1 aliphatic heterocycles. The van der Waals surface area contributed by atoms with E-state index in [0.29, 0.717) is 11.4 Å². The van der Waals surface area contributed by atoms with Gasteiger partial charge in [0, 0.05) is 37.1 Å². The van der Waals surface area contributed by atoms with Gasteiger partial charge < -0.3 is 0 Å². The van der Waals surface area contributed by atoms with Crippen LogP contribution in [0.4, 0.5) is 13.2 Å². The van der Waals surface area contributed by atoms with E-state index < -0.39 is 18.3 Å². The van der Waals surface area contributed by atoms with Crippen molar-refractivity contribution in [1.82, 2.24) is 24.6 Å². The van der Waals surface area contributed by atoms with Crippen LogP contribution in [-0.4, -0.2) is 50.5 Å². The molecule has 3 aromatic heterocycles. The van der Waals surface area contributed by atoms with Crippen LogP contribution in [0.3, 0.4) is 0 Å². The molecule has 6 nitrogen and oxygen atoms in total. The smallest absolute Gasteiger partial charge is 0.290 e. The molecule has 3 aromatic rings. The van der Waals surface area contributed by atoms with Gasteiger partial charge in [-0.3, -0.25) is 19.5 Å². The topological polar surface area (TPSA) is 70.6 Å². The fraction of sp³-hybridized carbons (Fsp3) is 0.333. The Labute approximate surface area is 152 Å². The van der Waals surface area contributed by atoms with Crippen molar-refractivity contribution in [2.24, 2.45) is 0 Å². The van der Waals surface area contributed by atoms with Crippen molar-refractivity contribution >= 4 is 10.9 Å². The van der Waals surface area contributed by atoms with Crippen LogP contribution in [0.15, 0.2) is 42.9 Å². The minimum Gasteiger partial charge on any atom is -0.290 e. The van der Waals surface area contributed by atoms with E-state index in [4.69, 9.17) is 5.26 Å². The highest BCUT2D eigenvalue weighted by Crippen LogP contribution is 2.35. The van der Waals surface area contributed by atoms with E-state index in [1.54, 1.807) is 35.4 Å². The number of nitrogens with zero attached hydrogens (tertiary/aromatic N) is 6. The molecule has 0 aliphatic carbocycles. The Morgan fingerprint density at radius 1 is 1.15 bits per heavy atom. The van der Waals surface area contributed by atoms with Crippen molar-refractivity contribution in [3.05, 3.63) is 42.9 Å². The number of hydrogen-bond donors (Lipinski definition) is 0. The van der Waals surface area contributed by atoms with E-state index >= 15 is 0 Å². The number of nitriles is 1. The second-order valence-corrected chi connectivity index (χ2v) is 6.69. The lowest BCUT2D eigenvalue weighted by Crippen LogP contribution is -2.64. The Morgan fingerprint density at radius 3 is 2.70 bits per heavy atom. The summed E-state index contributed by atoms with van der Waals surface area (Å²) in [5.41, 5.74) is 1.28. The summed E-state index contributed by atoms with van der Waals surface area (Å²) < 4.78 is 39.4. The predicted octanol–water partition coefficient (Wildman–Crippen LogP) is 2.98. The van der Waals surface area contributed by atoms with Crippen LogP contribution < -0.4 is 0 Å². The van der Waals surface area contributed by atoms with E-state index in [2.05, 4.69) is 21.1 Å². The van der Waals surface area contributed by atoms with Gasteiger partial charge in [-0.1, -0.05) is 0 Å². The molecule has 0 spiro atoms. The third kappa shape index (κ3) is 3.24. The van der Waals surface area contributed by atoms with E-state index in [-0.39, 0.29) is 19.5 Å². The minimum absolute atomic E-state index is 0.0903. The van der Waals surface area contributed by atoms with Crippen LogP contribution in [0.2, 0.25) is 0 Å². The Hall–Kier alpha value is -2.99. The van der Waals surface area contributed by atoms with Gasteiger partial charge in [0.15, 0.2) is 0 Å². The van der Waals surface area contributed by atoms with Gasteiger partial charge in [-0.2, -0.15) is 23.5 Å².